The Morgan fingerprint density at radius 2 is 2.40 bits per heavy atom. The van der Waals surface area contributed by atoms with Gasteiger partial charge in [-0.1, -0.05) is 5.11 Å². The molecule has 1 N–H and O–H groups in total. The topological polar surface area (TPSA) is 72.2 Å². The Balaban J connectivity index is 2.32. The maximum atomic E-state index is 12.2. The minimum atomic E-state index is -0.383. The molecular formula is C9H17FN4O. The summed E-state index contributed by atoms with van der Waals surface area (Å²) in [7, 11) is 0. The van der Waals surface area contributed by atoms with Crippen molar-refractivity contribution < 1.29 is 9.50 Å². The van der Waals surface area contributed by atoms with Crippen LogP contribution in [0.2, 0.25) is 0 Å². The summed E-state index contributed by atoms with van der Waals surface area (Å²) in [5, 5.41) is 13.1. The van der Waals surface area contributed by atoms with Crippen LogP contribution < -0.4 is 0 Å². The van der Waals surface area contributed by atoms with E-state index in [-0.39, 0.29) is 18.7 Å². The molecule has 0 saturated carbocycles. The summed E-state index contributed by atoms with van der Waals surface area (Å²) in [5.74, 6) is 0.0230. The van der Waals surface area contributed by atoms with Crippen molar-refractivity contribution in [2.24, 2.45) is 11.0 Å². The highest BCUT2D eigenvalue weighted by molar-refractivity contribution is 4.80. The van der Waals surface area contributed by atoms with Gasteiger partial charge in [-0.15, -0.1) is 0 Å². The molecule has 1 rings (SSSR count). The Morgan fingerprint density at radius 3 is 3.07 bits per heavy atom. The van der Waals surface area contributed by atoms with E-state index >= 15 is 0 Å². The van der Waals surface area contributed by atoms with Crippen molar-refractivity contribution in [3.63, 3.8) is 0 Å². The van der Waals surface area contributed by atoms with Gasteiger partial charge >= 0.3 is 0 Å². The number of likely N-dealkylation sites (tertiary alicyclic amines) is 1. The number of rotatable bonds is 5. The lowest BCUT2D eigenvalue weighted by Gasteiger charge is -2.35. The Morgan fingerprint density at radius 1 is 1.60 bits per heavy atom. The van der Waals surface area contributed by atoms with Crippen LogP contribution in [0.4, 0.5) is 4.39 Å². The van der Waals surface area contributed by atoms with Gasteiger partial charge in [0.05, 0.1) is 12.8 Å². The molecule has 0 aromatic carbocycles. The SMILES string of the molecule is [N-]=[N+]=NCCN1CC[C@H](O)[C@@H](CCF)C1. The van der Waals surface area contributed by atoms with Crippen molar-refractivity contribution in [1.82, 2.24) is 4.90 Å². The van der Waals surface area contributed by atoms with Gasteiger partial charge in [0.2, 0.25) is 0 Å². The van der Waals surface area contributed by atoms with E-state index in [1.807, 2.05) is 0 Å². The van der Waals surface area contributed by atoms with Crippen LogP contribution in [-0.4, -0.2) is 49.0 Å². The van der Waals surface area contributed by atoms with Gasteiger partial charge in [0.1, 0.15) is 0 Å². The van der Waals surface area contributed by atoms with E-state index in [1.54, 1.807) is 0 Å². The maximum absolute atomic E-state index is 12.2. The van der Waals surface area contributed by atoms with Crippen LogP contribution in [0.3, 0.4) is 0 Å². The number of piperidine rings is 1. The average molecular weight is 216 g/mol. The molecule has 0 aromatic rings. The van der Waals surface area contributed by atoms with Gasteiger partial charge in [-0.25, -0.2) is 0 Å². The second kappa shape index (κ2) is 6.61. The smallest absolute Gasteiger partial charge is 0.0898 e. The summed E-state index contributed by atoms with van der Waals surface area (Å²) in [5.41, 5.74) is 8.12. The van der Waals surface area contributed by atoms with Crippen LogP contribution >= 0.6 is 0 Å². The molecule has 0 aliphatic carbocycles. The van der Waals surface area contributed by atoms with Crippen LogP contribution in [0.25, 0.3) is 10.4 Å². The van der Waals surface area contributed by atoms with Gasteiger partial charge in [0, 0.05) is 37.0 Å². The molecule has 1 saturated heterocycles. The summed E-state index contributed by atoms with van der Waals surface area (Å²) in [4.78, 5) is 4.79. The Kier molecular flexibility index (Phi) is 5.39. The van der Waals surface area contributed by atoms with Crippen LogP contribution in [-0.2, 0) is 0 Å². The Labute approximate surface area is 88.5 Å². The Hall–Kier alpha value is -0.840. The maximum Gasteiger partial charge on any atom is 0.0898 e. The zero-order valence-corrected chi connectivity index (χ0v) is 8.72. The molecule has 0 amide bonds. The molecule has 0 aromatic heterocycles. The third-order valence-corrected chi connectivity index (χ3v) is 2.84. The summed E-state index contributed by atoms with van der Waals surface area (Å²) in [6, 6.07) is 0. The van der Waals surface area contributed by atoms with Crippen molar-refractivity contribution in [2.45, 2.75) is 18.9 Å². The van der Waals surface area contributed by atoms with E-state index in [9.17, 15) is 9.50 Å². The fourth-order valence-electron chi connectivity index (χ4n) is 1.95. The predicted molar refractivity (Wildman–Crippen MR) is 55.2 cm³/mol. The second-order valence-corrected chi connectivity index (χ2v) is 3.85. The van der Waals surface area contributed by atoms with Crippen molar-refractivity contribution >= 4 is 0 Å². The van der Waals surface area contributed by atoms with E-state index < -0.39 is 0 Å². The fraction of sp³-hybridized carbons (Fsp3) is 1.00. The number of azide groups is 1. The standard InChI is InChI=1S/C9H17FN4O/c10-3-1-8-7-14(5-2-9(8)15)6-4-12-13-11/h8-9,15H,1-7H2/t8-,9-/m0/s1. The largest absolute Gasteiger partial charge is 0.393 e. The highest BCUT2D eigenvalue weighted by Gasteiger charge is 2.26. The number of alkyl halides is 1. The first-order valence-electron chi connectivity index (χ1n) is 5.25. The molecule has 1 aliphatic rings. The van der Waals surface area contributed by atoms with Gasteiger partial charge in [0.25, 0.3) is 0 Å². The third kappa shape index (κ3) is 4.03. The second-order valence-electron chi connectivity index (χ2n) is 3.85. The van der Waals surface area contributed by atoms with Crippen molar-refractivity contribution in [3.05, 3.63) is 10.4 Å². The van der Waals surface area contributed by atoms with E-state index in [2.05, 4.69) is 14.9 Å². The monoisotopic (exact) mass is 216 g/mol. The number of hydrogen-bond donors (Lipinski definition) is 1. The normalized spacial score (nSPS) is 27.3. The van der Waals surface area contributed by atoms with Gasteiger partial charge in [-0.3, -0.25) is 4.39 Å². The zero-order valence-electron chi connectivity index (χ0n) is 8.72. The highest BCUT2D eigenvalue weighted by Crippen LogP contribution is 2.20. The summed E-state index contributed by atoms with van der Waals surface area (Å²) in [6.45, 7) is 2.25. The molecular weight excluding hydrogens is 199 g/mol. The minimum absolute atomic E-state index is 0.0230. The first-order valence-corrected chi connectivity index (χ1v) is 5.25. The van der Waals surface area contributed by atoms with E-state index in [1.165, 1.54) is 0 Å². The average Bonchev–Trinajstić information content (AvgIpc) is 2.23. The third-order valence-electron chi connectivity index (χ3n) is 2.84. The van der Waals surface area contributed by atoms with Crippen molar-refractivity contribution in [3.8, 4) is 0 Å². The summed E-state index contributed by atoms with van der Waals surface area (Å²) < 4.78 is 12.2. The number of nitrogens with zero attached hydrogens (tertiary/aromatic N) is 4. The van der Waals surface area contributed by atoms with Crippen LogP contribution in [0, 0.1) is 5.92 Å². The van der Waals surface area contributed by atoms with Gasteiger partial charge < -0.3 is 10.0 Å². The van der Waals surface area contributed by atoms with Gasteiger partial charge in [0.15, 0.2) is 0 Å². The molecule has 0 unspecified atom stereocenters. The molecule has 0 radical (unpaired) electrons. The number of aliphatic hydroxyl groups is 1. The lowest BCUT2D eigenvalue weighted by Crippen LogP contribution is -2.44. The fourth-order valence-corrected chi connectivity index (χ4v) is 1.95. The van der Waals surface area contributed by atoms with E-state index in [0.717, 1.165) is 6.54 Å². The molecule has 5 nitrogen and oxygen atoms in total. The van der Waals surface area contributed by atoms with E-state index in [0.29, 0.717) is 32.5 Å². The highest BCUT2D eigenvalue weighted by atomic mass is 19.1. The molecule has 86 valence electrons. The van der Waals surface area contributed by atoms with Crippen LogP contribution in [0.15, 0.2) is 5.11 Å². The van der Waals surface area contributed by atoms with Crippen LogP contribution in [0.5, 0.6) is 0 Å². The minimum Gasteiger partial charge on any atom is -0.393 e. The molecule has 6 heteroatoms. The van der Waals surface area contributed by atoms with Crippen LogP contribution in [0.1, 0.15) is 12.8 Å². The molecule has 0 bridgehead atoms. The van der Waals surface area contributed by atoms with E-state index in [4.69, 9.17) is 5.53 Å². The molecule has 1 heterocycles. The quantitative estimate of drug-likeness (QED) is 0.428. The zero-order chi connectivity index (χ0) is 11.1. The molecule has 0 spiro atoms. The summed E-state index contributed by atoms with van der Waals surface area (Å²) in [6.07, 6.45) is 0.719. The van der Waals surface area contributed by atoms with Gasteiger partial charge in [-0.2, -0.15) is 0 Å². The molecule has 2 atom stereocenters. The molecule has 15 heavy (non-hydrogen) atoms. The number of halogens is 1. The van der Waals surface area contributed by atoms with Gasteiger partial charge in [-0.05, 0) is 18.4 Å². The summed E-state index contributed by atoms with van der Waals surface area (Å²) >= 11 is 0. The van der Waals surface area contributed by atoms with Crippen molar-refractivity contribution in [1.29, 1.82) is 0 Å². The first kappa shape index (κ1) is 12.2. The lowest BCUT2D eigenvalue weighted by molar-refractivity contribution is 0.0214. The number of aliphatic hydroxyl groups excluding tert-OH is 1. The van der Waals surface area contributed by atoms with Crippen molar-refractivity contribution in [2.75, 3.05) is 32.9 Å². The predicted octanol–water partition coefficient (Wildman–Crippen LogP) is 1.34. The number of hydrogen-bond acceptors (Lipinski definition) is 3. The first-order chi connectivity index (χ1) is 7.27. The Bertz CT molecular complexity index is 232. The lowest BCUT2D eigenvalue weighted by atomic mass is 9.92. The molecule has 1 aliphatic heterocycles. The molecule has 1 fully saturated rings.